The van der Waals surface area contributed by atoms with E-state index in [1.165, 1.54) is 54.9 Å². The molecular formula is C56H56BF2IN10O8. The van der Waals surface area contributed by atoms with E-state index in [4.69, 9.17) is 30.0 Å². The number of hydrogen-bond acceptors (Lipinski definition) is 12. The number of halogens is 3. The van der Waals surface area contributed by atoms with Gasteiger partial charge in [-0.1, -0.05) is 62.8 Å². The fraction of sp³-hybridized carbons (Fsp3) is 0.321. The lowest BCUT2D eigenvalue weighted by molar-refractivity contribution is 0.00578. The minimum absolute atomic E-state index is 0.0405. The number of urea groups is 2. The molecule has 0 bridgehead atoms. The first-order chi connectivity index (χ1) is 37.1. The number of nitrogens with one attached hydrogen (secondary N) is 4. The quantitative estimate of drug-likeness (QED) is 0.0550. The van der Waals surface area contributed by atoms with Crippen LogP contribution in [0, 0.1) is 37.9 Å². The first-order valence-corrected chi connectivity index (χ1v) is 26.2. The molecule has 9 rings (SSSR count). The zero-order valence-electron chi connectivity index (χ0n) is 43.2. The largest absolute Gasteiger partial charge is 0.494 e. The average molecular weight is 1170 g/mol. The van der Waals surface area contributed by atoms with Crippen LogP contribution >= 0.6 is 22.6 Å². The highest BCUT2D eigenvalue weighted by atomic mass is 127. The highest BCUT2D eigenvalue weighted by molar-refractivity contribution is 14.1. The van der Waals surface area contributed by atoms with E-state index < -0.39 is 48.0 Å². The van der Waals surface area contributed by atoms with Crippen molar-refractivity contribution < 1.29 is 47.5 Å². The normalized spacial score (nSPS) is 16.4. The van der Waals surface area contributed by atoms with Gasteiger partial charge in [-0.3, -0.25) is 0 Å². The number of rotatable bonds is 10. The molecule has 4 amide bonds. The lowest BCUT2D eigenvalue weighted by Gasteiger charge is -2.37. The number of hydrogen-bond donors (Lipinski definition) is 6. The van der Waals surface area contributed by atoms with Gasteiger partial charge in [0.2, 0.25) is 11.6 Å². The standard InChI is InChI=1S/C25H22FN5O3.C18H17FIN5O.C13H17BO4/c26-20-14-18(8-9-19(20)16-4-6-17(7-5-16)23(32)33)29-24(34)31-25(11-2-1-3-12-25)21-10-13-28-22(15-27)30-21;19-13-10-12(4-5-14(13)20)23-17(26)25-18(7-2-1-3-8-18)15-6-9-22-16(11-21)24-15;1-12(2)13(3,4)18-14(17-12)10-7-5-9(6-8-10)11(15)16/h4-10,13-14H,1-3,11-12H2,(H,32,33)(H2,29,31,34);4-6,9-10H,1-3,7-8H2,(H2,23,25,26);5-8H,1-4H3,(H,15,16). The summed E-state index contributed by atoms with van der Waals surface area (Å²) in [7, 11) is -0.446. The number of carboxylic acids is 2. The van der Waals surface area contributed by atoms with Gasteiger partial charge in [-0.2, -0.15) is 10.5 Å². The number of nitrogens with zero attached hydrogens (tertiary/aromatic N) is 6. The Morgan fingerprint density at radius 1 is 0.603 bits per heavy atom. The van der Waals surface area contributed by atoms with Crippen LogP contribution in [0.1, 0.15) is 136 Å². The first kappa shape index (κ1) is 57.8. The fourth-order valence-corrected chi connectivity index (χ4v) is 9.61. The van der Waals surface area contributed by atoms with Crippen molar-refractivity contribution in [2.24, 2.45) is 0 Å². The van der Waals surface area contributed by atoms with Gasteiger partial charge < -0.3 is 40.8 Å². The SMILES string of the molecule is CC1(C)OB(c2ccc(C(=O)O)cc2)OC1(C)C.N#Cc1nccc(C2(NC(=O)Nc3ccc(-c4ccc(C(=O)O)cc4)c(F)c3)CCCCC2)n1.N#Cc1nccc(C2(NC(=O)Nc3ccc(I)c(F)c3)CCCCC2)n1. The molecule has 78 heavy (non-hydrogen) atoms. The van der Waals surface area contributed by atoms with E-state index in [2.05, 4.69) is 41.2 Å². The second kappa shape index (κ2) is 25.0. The van der Waals surface area contributed by atoms with Crippen molar-refractivity contribution in [3.05, 3.63) is 159 Å². The molecular weight excluding hydrogens is 1120 g/mol. The van der Waals surface area contributed by atoms with E-state index in [1.54, 1.807) is 54.6 Å². The maximum atomic E-state index is 14.8. The Kier molecular flexibility index (Phi) is 18.5. The Balaban J connectivity index is 0.000000178. The molecule has 0 atom stereocenters. The number of amides is 4. The lowest BCUT2D eigenvalue weighted by Crippen LogP contribution is -2.49. The van der Waals surface area contributed by atoms with Crippen LogP contribution in [-0.2, 0) is 20.4 Å². The van der Waals surface area contributed by atoms with Crippen molar-refractivity contribution >= 4 is 70.5 Å². The van der Waals surface area contributed by atoms with E-state index in [0.717, 1.165) is 56.8 Å². The van der Waals surface area contributed by atoms with Crippen molar-refractivity contribution in [2.75, 3.05) is 10.6 Å². The van der Waals surface area contributed by atoms with Crippen molar-refractivity contribution in [1.29, 1.82) is 10.5 Å². The smallest absolute Gasteiger partial charge is 0.478 e. The van der Waals surface area contributed by atoms with Gasteiger partial charge in [-0.05, 0) is 160 Å². The molecule has 2 aliphatic carbocycles. The summed E-state index contributed by atoms with van der Waals surface area (Å²) >= 11 is 1.89. The molecule has 3 aliphatic rings. The number of anilines is 2. The van der Waals surface area contributed by atoms with Crippen LogP contribution < -0.4 is 26.7 Å². The molecule has 2 aromatic heterocycles. The molecule has 0 unspecified atom stereocenters. The monoisotopic (exact) mass is 1170 g/mol. The minimum Gasteiger partial charge on any atom is -0.478 e. The molecule has 0 spiro atoms. The Morgan fingerprint density at radius 2 is 1.03 bits per heavy atom. The van der Waals surface area contributed by atoms with Gasteiger partial charge in [0.15, 0.2) is 0 Å². The number of carboxylic acid groups (broad SMARTS) is 2. The molecule has 22 heteroatoms. The van der Waals surface area contributed by atoms with Crippen molar-refractivity contribution in [3.8, 4) is 23.3 Å². The van der Waals surface area contributed by atoms with E-state index >= 15 is 0 Å². The van der Waals surface area contributed by atoms with E-state index in [9.17, 15) is 28.0 Å². The minimum atomic E-state index is -1.06. The number of benzene rings is 4. The summed E-state index contributed by atoms with van der Waals surface area (Å²) < 4.78 is 40.7. The predicted molar refractivity (Wildman–Crippen MR) is 294 cm³/mol. The highest BCUT2D eigenvalue weighted by Crippen LogP contribution is 2.39. The maximum Gasteiger partial charge on any atom is 0.494 e. The molecule has 3 fully saturated rings. The molecule has 1 aliphatic heterocycles. The van der Waals surface area contributed by atoms with Crippen LogP contribution in [0.3, 0.4) is 0 Å². The van der Waals surface area contributed by atoms with Gasteiger partial charge >= 0.3 is 31.1 Å². The van der Waals surface area contributed by atoms with Crippen LogP contribution in [0.4, 0.5) is 29.7 Å². The molecule has 6 N–H and O–H groups in total. The van der Waals surface area contributed by atoms with Gasteiger partial charge in [-0.15, -0.1) is 0 Å². The average Bonchev–Trinajstić information content (AvgIpc) is 3.73. The van der Waals surface area contributed by atoms with Crippen molar-refractivity contribution in [1.82, 2.24) is 30.6 Å². The van der Waals surface area contributed by atoms with Crippen LogP contribution in [0.25, 0.3) is 11.1 Å². The Morgan fingerprint density at radius 3 is 1.44 bits per heavy atom. The number of aromatic carboxylic acids is 2. The molecule has 1 saturated heterocycles. The Labute approximate surface area is 463 Å². The topological polar surface area (TPSA) is 274 Å². The highest BCUT2D eigenvalue weighted by Gasteiger charge is 2.51. The third kappa shape index (κ3) is 14.2. The molecule has 3 heterocycles. The van der Waals surface area contributed by atoms with E-state index in [-0.39, 0.29) is 51.0 Å². The van der Waals surface area contributed by atoms with Crippen molar-refractivity contribution in [2.45, 2.75) is 114 Å². The Bertz CT molecular complexity index is 3240. The molecule has 2 saturated carbocycles. The fourth-order valence-electron chi connectivity index (χ4n) is 9.27. The maximum absolute atomic E-state index is 14.8. The number of aromatic nitrogens is 4. The van der Waals surface area contributed by atoms with Crippen LogP contribution in [0.5, 0.6) is 0 Å². The summed E-state index contributed by atoms with van der Waals surface area (Å²) in [4.78, 5) is 63.6. The zero-order chi connectivity index (χ0) is 56.3. The third-order valence-electron chi connectivity index (χ3n) is 14.1. The molecule has 0 radical (unpaired) electrons. The predicted octanol–water partition coefficient (Wildman–Crippen LogP) is 10.6. The Hall–Kier alpha value is -7.93. The summed E-state index contributed by atoms with van der Waals surface area (Å²) in [5.74, 6) is -2.81. The number of nitriles is 2. The van der Waals surface area contributed by atoms with Gasteiger partial charge in [0, 0.05) is 32.9 Å². The molecule has 4 aromatic carbocycles. The summed E-state index contributed by atoms with van der Waals surface area (Å²) in [6, 6.07) is 27.7. The van der Waals surface area contributed by atoms with Gasteiger partial charge in [0.05, 0.1) is 44.8 Å². The molecule has 6 aromatic rings. The number of carbonyl (C=O) groups is 4. The van der Waals surface area contributed by atoms with Gasteiger partial charge in [0.25, 0.3) is 0 Å². The first-order valence-electron chi connectivity index (χ1n) is 25.1. The van der Waals surface area contributed by atoms with Gasteiger partial charge in [-0.25, -0.2) is 47.9 Å². The third-order valence-corrected chi connectivity index (χ3v) is 15.0. The van der Waals surface area contributed by atoms with E-state index in [0.29, 0.717) is 39.1 Å². The summed E-state index contributed by atoms with van der Waals surface area (Å²) in [5, 5.41) is 47.4. The summed E-state index contributed by atoms with van der Waals surface area (Å²) in [5.41, 5.74) is 1.72. The number of carbonyl (C=O) groups excluding carboxylic acids is 2. The summed E-state index contributed by atoms with van der Waals surface area (Å²) in [6.07, 6.45) is 11.7. The molecule has 402 valence electrons. The van der Waals surface area contributed by atoms with Gasteiger partial charge in [0.1, 0.15) is 23.8 Å². The van der Waals surface area contributed by atoms with E-state index in [1.807, 2.05) is 62.4 Å². The van der Waals surface area contributed by atoms with Crippen LogP contribution in [0.15, 0.2) is 109 Å². The zero-order valence-corrected chi connectivity index (χ0v) is 45.4. The second-order valence-electron chi connectivity index (χ2n) is 19.9. The second-order valence-corrected chi connectivity index (χ2v) is 21.1. The summed E-state index contributed by atoms with van der Waals surface area (Å²) in [6.45, 7) is 7.94. The van der Waals surface area contributed by atoms with Crippen LogP contribution in [-0.4, -0.2) is 72.5 Å². The van der Waals surface area contributed by atoms with Crippen molar-refractivity contribution in [3.63, 3.8) is 0 Å². The van der Waals surface area contributed by atoms with Crippen LogP contribution in [0.2, 0.25) is 0 Å². The molecule has 18 nitrogen and oxygen atoms in total. The lowest BCUT2D eigenvalue weighted by atomic mass is 9.79.